The van der Waals surface area contributed by atoms with Crippen molar-refractivity contribution in [2.45, 2.75) is 18.9 Å². The largest absolute Gasteiger partial charge is 0.573 e. The van der Waals surface area contributed by atoms with Crippen molar-refractivity contribution in [1.29, 1.82) is 0 Å². The maximum atomic E-state index is 12.1. The maximum Gasteiger partial charge on any atom is 0.573 e. The molecule has 1 aliphatic heterocycles. The van der Waals surface area contributed by atoms with Crippen molar-refractivity contribution in [3.63, 3.8) is 0 Å². The average Bonchev–Trinajstić information content (AvgIpc) is 2.26. The highest BCUT2D eigenvalue weighted by atomic mass is 19.4. The number of ether oxygens (including phenoxy) is 2. The van der Waals surface area contributed by atoms with Gasteiger partial charge < -0.3 is 14.8 Å². The quantitative estimate of drug-likeness (QED) is 0.871. The summed E-state index contributed by atoms with van der Waals surface area (Å²) >= 11 is 0. The maximum absolute atomic E-state index is 12.1. The van der Waals surface area contributed by atoms with Gasteiger partial charge in [0.2, 0.25) is 0 Å². The summed E-state index contributed by atoms with van der Waals surface area (Å²) in [4.78, 5) is 0. The van der Waals surface area contributed by atoms with E-state index in [0.29, 0.717) is 5.56 Å². The average molecular weight is 247 g/mol. The Morgan fingerprint density at radius 2 is 2.12 bits per heavy atom. The van der Waals surface area contributed by atoms with Gasteiger partial charge in [0.05, 0.1) is 6.10 Å². The number of benzene rings is 1. The first-order valence-electron chi connectivity index (χ1n) is 5.16. The second-order valence-corrected chi connectivity index (χ2v) is 3.74. The molecule has 0 fully saturated rings. The number of rotatable bonds is 2. The molecule has 2 rings (SSSR count). The molecule has 1 heterocycles. The summed E-state index contributed by atoms with van der Waals surface area (Å²) in [6.07, 6.45) is -4.14. The van der Waals surface area contributed by atoms with Crippen LogP contribution in [0.15, 0.2) is 18.2 Å². The monoisotopic (exact) mass is 247 g/mol. The number of hydrogen-bond acceptors (Lipinski definition) is 3. The van der Waals surface area contributed by atoms with E-state index in [2.05, 4.69) is 10.1 Å². The first-order valence-corrected chi connectivity index (χ1v) is 5.16. The highest BCUT2D eigenvalue weighted by molar-refractivity contribution is 5.57. The molecule has 0 amide bonds. The molecule has 1 aromatic rings. The summed E-state index contributed by atoms with van der Waals surface area (Å²) < 4.78 is 45.4. The predicted molar refractivity (Wildman–Crippen MR) is 56.0 cm³/mol. The smallest absolute Gasteiger partial charge is 0.406 e. The zero-order chi connectivity index (χ0) is 12.5. The molecule has 1 aromatic carbocycles. The fourth-order valence-corrected chi connectivity index (χ4v) is 1.90. The van der Waals surface area contributed by atoms with Crippen LogP contribution in [0.5, 0.6) is 5.75 Å². The van der Waals surface area contributed by atoms with Gasteiger partial charge in [-0.1, -0.05) is 0 Å². The minimum Gasteiger partial charge on any atom is -0.406 e. The van der Waals surface area contributed by atoms with Crippen LogP contribution < -0.4 is 10.1 Å². The summed E-state index contributed by atoms with van der Waals surface area (Å²) in [5, 5.41) is 3.10. The molecule has 0 spiro atoms. The van der Waals surface area contributed by atoms with Gasteiger partial charge in [-0.05, 0) is 24.6 Å². The molecule has 17 heavy (non-hydrogen) atoms. The molecule has 0 aromatic heterocycles. The van der Waals surface area contributed by atoms with Crippen molar-refractivity contribution in [3.05, 3.63) is 23.8 Å². The van der Waals surface area contributed by atoms with E-state index in [1.165, 1.54) is 19.2 Å². The lowest BCUT2D eigenvalue weighted by Crippen LogP contribution is -2.20. The number of halogens is 3. The normalized spacial score (nSPS) is 19.4. The molecule has 3 nitrogen and oxygen atoms in total. The number of fused-ring (bicyclic) bond motifs is 1. The van der Waals surface area contributed by atoms with Gasteiger partial charge in [-0.3, -0.25) is 0 Å². The Balaban J connectivity index is 2.28. The standard InChI is InChI=1S/C11H12F3NO2/c1-16-10-4-5-15-9-3-2-7(6-8(9)10)17-11(12,13)14/h2-3,6,10,15H,4-5H2,1H3/t10-/m0/s1. The van der Waals surface area contributed by atoms with Crippen molar-refractivity contribution >= 4 is 5.69 Å². The molecule has 94 valence electrons. The van der Waals surface area contributed by atoms with Crippen LogP contribution in [-0.2, 0) is 4.74 Å². The van der Waals surface area contributed by atoms with E-state index >= 15 is 0 Å². The molecule has 0 unspecified atom stereocenters. The Hall–Kier alpha value is -1.43. The fraction of sp³-hybridized carbons (Fsp3) is 0.455. The van der Waals surface area contributed by atoms with Crippen molar-refractivity contribution in [2.24, 2.45) is 0 Å². The van der Waals surface area contributed by atoms with E-state index in [1.54, 1.807) is 6.07 Å². The second-order valence-electron chi connectivity index (χ2n) is 3.74. The highest BCUT2D eigenvalue weighted by Crippen LogP contribution is 2.35. The highest BCUT2D eigenvalue weighted by Gasteiger charge is 2.32. The Bertz CT molecular complexity index is 406. The number of methoxy groups -OCH3 is 1. The van der Waals surface area contributed by atoms with E-state index in [1.807, 2.05) is 0 Å². The predicted octanol–water partition coefficient (Wildman–Crippen LogP) is 3.09. The van der Waals surface area contributed by atoms with Gasteiger partial charge in [-0.15, -0.1) is 13.2 Å². The third-order valence-corrected chi connectivity index (χ3v) is 2.61. The van der Waals surface area contributed by atoms with Gasteiger partial charge >= 0.3 is 6.36 Å². The molecule has 0 bridgehead atoms. The van der Waals surface area contributed by atoms with Crippen LogP contribution >= 0.6 is 0 Å². The molecular formula is C11H12F3NO2. The van der Waals surface area contributed by atoms with Crippen molar-refractivity contribution in [1.82, 2.24) is 0 Å². The summed E-state index contributed by atoms with van der Waals surface area (Å²) in [6.45, 7) is 0.741. The fourth-order valence-electron chi connectivity index (χ4n) is 1.90. The molecular weight excluding hydrogens is 235 g/mol. The Kier molecular flexibility index (Phi) is 3.15. The zero-order valence-electron chi connectivity index (χ0n) is 9.17. The van der Waals surface area contributed by atoms with E-state index in [0.717, 1.165) is 18.7 Å². The van der Waals surface area contributed by atoms with Crippen LogP contribution in [0.25, 0.3) is 0 Å². The van der Waals surface area contributed by atoms with E-state index in [4.69, 9.17) is 4.74 Å². The van der Waals surface area contributed by atoms with Crippen LogP contribution in [0.2, 0.25) is 0 Å². The van der Waals surface area contributed by atoms with Gasteiger partial charge in [0.15, 0.2) is 0 Å². The van der Waals surface area contributed by atoms with Crippen molar-refractivity contribution in [3.8, 4) is 5.75 Å². The van der Waals surface area contributed by atoms with E-state index < -0.39 is 6.36 Å². The zero-order valence-corrected chi connectivity index (χ0v) is 9.17. The SMILES string of the molecule is CO[C@H]1CCNc2ccc(OC(F)(F)F)cc21. The molecule has 6 heteroatoms. The molecule has 0 saturated carbocycles. The van der Waals surface area contributed by atoms with Gasteiger partial charge in [-0.2, -0.15) is 0 Å². The van der Waals surface area contributed by atoms with Crippen LogP contribution in [0.3, 0.4) is 0 Å². The molecule has 1 N–H and O–H groups in total. The number of alkyl halides is 3. The van der Waals surface area contributed by atoms with Gasteiger partial charge in [0.1, 0.15) is 5.75 Å². The lowest BCUT2D eigenvalue weighted by atomic mass is 10.00. The molecule has 1 aliphatic rings. The summed E-state index contributed by atoms with van der Waals surface area (Å²) in [5.41, 5.74) is 1.48. The van der Waals surface area contributed by atoms with Crippen molar-refractivity contribution < 1.29 is 22.6 Å². The van der Waals surface area contributed by atoms with Crippen LogP contribution in [0.1, 0.15) is 18.1 Å². The Morgan fingerprint density at radius 1 is 1.35 bits per heavy atom. The molecule has 0 aliphatic carbocycles. The van der Waals surface area contributed by atoms with Crippen molar-refractivity contribution in [2.75, 3.05) is 19.0 Å². The van der Waals surface area contributed by atoms with Crippen LogP contribution in [-0.4, -0.2) is 20.0 Å². The second kappa shape index (κ2) is 4.44. The Morgan fingerprint density at radius 3 is 2.76 bits per heavy atom. The van der Waals surface area contributed by atoms with E-state index in [9.17, 15) is 13.2 Å². The summed E-state index contributed by atoms with van der Waals surface area (Å²) in [6, 6.07) is 4.22. The van der Waals surface area contributed by atoms with Crippen LogP contribution in [0.4, 0.5) is 18.9 Å². The Labute approximate surface area is 96.5 Å². The number of hydrogen-bond donors (Lipinski definition) is 1. The number of anilines is 1. The van der Waals surface area contributed by atoms with Crippen LogP contribution in [0, 0.1) is 0 Å². The van der Waals surface area contributed by atoms with Gasteiger partial charge in [-0.25, -0.2) is 0 Å². The number of nitrogens with one attached hydrogen (secondary N) is 1. The minimum atomic E-state index is -4.67. The topological polar surface area (TPSA) is 30.5 Å². The summed E-state index contributed by atoms with van der Waals surface area (Å²) in [7, 11) is 1.54. The summed E-state index contributed by atoms with van der Waals surface area (Å²) in [5.74, 6) is -0.220. The van der Waals surface area contributed by atoms with Gasteiger partial charge in [0, 0.05) is 24.9 Å². The van der Waals surface area contributed by atoms with E-state index in [-0.39, 0.29) is 11.9 Å². The third kappa shape index (κ3) is 2.82. The molecule has 0 radical (unpaired) electrons. The molecule has 0 saturated heterocycles. The molecule has 1 atom stereocenters. The first kappa shape index (κ1) is 12.0. The third-order valence-electron chi connectivity index (χ3n) is 2.61. The first-order chi connectivity index (χ1) is 7.99. The minimum absolute atomic E-state index is 0.192. The lowest BCUT2D eigenvalue weighted by Gasteiger charge is -2.26. The van der Waals surface area contributed by atoms with Gasteiger partial charge in [0.25, 0.3) is 0 Å². The lowest BCUT2D eigenvalue weighted by molar-refractivity contribution is -0.274.